The third kappa shape index (κ3) is 3.25. The molecule has 0 atom stereocenters. The number of nitrogens with zero attached hydrogens (tertiary/aromatic N) is 4. The number of anilines is 1. The lowest BCUT2D eigenvalue weighted by molar-refractivity contribution is -0.115. The number of aryl methyl sites for hydroxylation is 1. The summed E-state index contributed by atoms with van der Waals surface area (Å²) in [5.74, 6) is 0.119. The number of halogens is 1. The van der Waals surface area contributed by atoms with Gasteiger partial charge in [0.25, 0.3) is 0 Å². The molecule has 0 aliphatic rings. The molecule has 3 aromatic heterocycles. The first kappa shape index (κ1) is 13.7. The van der Waals surface area contributed by atoms with Crippen LogP contribution in [0.3, 0.4) is 0 Å². The molecule has 7 heteroatoms. The highest BCUT2D eigenvalue weighted by molar-refractivity contribution is 9.10. The number of hydrogen-bond acceptors (Lipinski definition) is 4. The van der Waals surface area contributed by atoms with E-state index in [-0.39, 0.29) is 18.3 Å². The SMILES string of the molecule is Cc1ccc(CC(=O)Nc2nc3ccc(Br)cn3n2)cn1. The molecule has 0 saturated heterocycles. The van der Waals surface area contributed by atoms with Crippen molar-refractivity contribution in [3.8, 4) is 0 Å². The van der Waals surface area contributed by atoms with Gasteiger partial charge in [0.05, 0.1) is 6.42 Å². The summed E-state index contributed by atoms with van der Waals surface area (Å²) in [6.45, 7) is 1.91. The zero-order chi connectivity index (χ0) is 14.8. The van der Waals surface area contributed by atoms with Crippen LogP contribution in [0.4, 0.5) is 5.95 Å². The van der Waals surface area contributed by atoms with Crippen LogP contribution in [-0.4, -0.2) is 25.5 Å². The fraction of sp³-hybridized carbons (Fsp3) is 0.143. The molecule has 0 bridgehead atoms. The van der Waals surface area contributed by atoms with Gasteiger partial charge in [-0.1, -0.05) is 6.07 Å². The Hall–Kier alpha value is -2.28. The summed E-state index contributed by atoms with van der Waals surface area (Å²) >= 11 is 3.36. The van der Waals surface area contributed by atoms with Crippen LogP contribution >= 0.6 is 15.9 Å². The summed E-state index contributed by atoms with van der Waals surface area (Å²) in [5, 5.41) is 6.89. The second-order valence-corrected chi connectivity index (χ2v) is 5.53. The second-order valence-electron chi connectivity index (χ2n) is 4.62. The van der Waals surface area contributed by atoms with Gasteiger partial charge in [-0.05, 0) is 46.6 Å². The van der Waals surface area contributed by atoms with Crippen LogP contribution in [0.5, 0.6) is 0 Å². The molecule has 3 heterocycles. The topological polar surface area (TPSA) is 72.2 Å². The molecule has 0 fully saturated rings. The fourth-order valence-corrected chi connectivity index (χ4v) is 2.19. The van der Waals surface area contributed by atoms with E-state index in [1.807, 2.05) is 31.2 Å². The lowest BCUT2D eigenvalue weighted by atomic mass is 10.2. The van der Waals surface area contributed by atoms with Crippen LogP contribution in [0.25, 0.3) is 5.65 Å². The van der Waals surface area contributed by atoms with Crippen LogP contribution in [0.2, 0.25) is 0 Å². The summed E-state index contributed by atoms with van der Waals surface area (Å²) < 4.78 is 2.50. The van der Waals surface area contributed by atoms with Crippen LogP contribution in [0, 0.1) is 6.92 Å². The van der Waals surface area contributed by atoms with Crippen molar-refractivity contribution in [3.05, 3.63) is 52.4 Å². The van der Waals surface area contributed by atoms with Crippen molar-refractivity contribution < 1.29 is 4.79 Å². The van der Waals surface area contributed by atoms with E-state index in [0.29, 0.717) is 5.65 Å². The van der Waals surface area contributed by atoms with Gasteiger partial charge in [0, 0.05) is 22.6 Å². The van der Waals surface area contributed by atoms with Gasteiger partial charge < -0.3 is 0 Å². The highest BCUT2D eigenvalue weighted by Gasteiger charge is 2.09. The van der Waals surface area contributed by atoms with E-state index in [9.17, 15) is 4.79 Å². The molecule has 1 amide bonds. The number of hydrogen-bond donors (Lipinski definition) is 1. The standard InChI is InChI=1S/C14H12BrN5O/c1-9-2-3-10(7-16-9)6-13(21)18-14-17-12-5-4-11(15)8-20(12)19-14/h2-5,7-8H,6H2,1H3,(H,18,19,21). The molecule has 3 aromatic rings. The molecule has 106 valence electrons. The second kappa shape index (κ2) is 5.61. The summed E-state index contributed by atoms with van der Waals surface area (Å²) in [5.41, 5.74) is 2.45. The predicted molar refractivity (Wildman–Crippen MR) is 82.0 cm³/mol. The molecule has 0 radical (unpaired) electrons. The lowest BCUT2D eigenvalue weighted by Crippen LogP contribution is -2.15. The molecule has 1 N–H and O–H groups in total. The Morgan fingerprint density at radius 2 is 2.19 bits per heavy atom. The van der Waals surface area contributed by atoms with Crippen molar-refractivity contribution >= 4 is 33.4 Å². The highest BCUT2D eigenvalue weighted by atomic mass is 79.9. The Kier molecular flexibility index (Phi) is 3.66. The third-order valence-electron chi connectivity index (χ3n) is 2.88. The summed E-state index contributed by atoms with van der Waals surface area (Å²) in [7, 11) is 0. The number of aromatic nitrogens is 4. The van der Waals surface area contributed by atoms with Crippen molar-refractivity contribution in [3.63, 3.8) is 0 Å². The smallest absolute Gasteiger partial charge is 0.249 e. The van der Waals surface area contributed by atoms with E-state index in [1.165, 1.54) is 0 Å². The number of nitrogens with one attached hydrogen (secondary N) is 1. The van der Waals surface area contributed by atoms with Crippen molar-refractivity contribution in [2.24, 2.45) is 0 Å². The Labute approximate surface area is 129 Å². The molecule has 0 saturated carbocycles. The normalized spacial score (nSPS) is 10.8. The van der Waals surface area contributed by atoms with E-state index in [0.717, 1.165) is 15.7 Å². The minimum atomic E-state index is -0.171. The van der Waals surface area contributed by atoms with Gasteiger partial charge in [-0.15, -0.1) is 5.10 Å². The van der Waals surface area contributed by atoms with E-state index >= 15 is 0 Å². The summed E-state index contributed by atoms with van der Waals surface area (Å²) in [4.78, 5) is 20.4. The zero-order valence-electron chi connectivity index (χ0n) is 11.2. The van der Waals surface area contributed by atoms with Gasteiger partial charge in [0.1, 0.15) is 0 Å². The van der Waals surface area contributed by atoms with Crippen molar-refractivity contribution in [1.29, 1.82) is 0 Å². The van der Waals surface area contributed by atoms with Crippen LogP contribution in [0.15, 0.2) is 41.1 Å². The van der Waals surface area contributed by atoms with E-state index in [2.05, 4.69) is 36.3 Å². The van der Waals surface area contributed by atoms with Crippen molar-refractivity contribution in [2.75, 3.05) is 5.32 Å². The van der Waals surface area contributed by atoms with E-state index in [1.54, 1.807) is 16.9 Å². The number of pyridine rings is 2. The molecular weight excluding hydrogens is 334 g/mol. The van der Waals surface area contributed by atoms with E-state index in [4.69, 9.17) is 0 Å². The maximum Gasteiger partial charge on any atom is 0.249 e. The number of rotatable bonds is 3. The van der Waals surface area contributed by atoms with Gasteiger partial charge in [-0.2, -0.15) is 4.98 Å². The molecular formula is C14H12BrN5O. The molecule has 0 aromatic carbocycles. The first-order valence-corrected chi connectivity index (χ1v) is 7.13. The zero-order valence-corrected chi connectivity index (χ0v) is 12.8. The number of carbonyl (C=O) groups is 1. The molecule has 0 unspecified atom stereocenters. The van der Waals surface area contributed by atoms with Gasteiger partial charge in [0.15, 0.2) is 5.65 Å². The minimum absolute atomic E-state index is 0.171. The van der Waals surface area contributed by atoms with Crippen molar-refractivity contribution in [1.82, 2.24) is 19.6 Å². The van der Waals surface area contributed by atoms with E-state index < -0.39 is 0 Å². The van der Waals surface area contributed by atoms with Crippen LogP contribution < -0.4 is 5.32 Å². The Morgan fingerprint density at radius 3 is 2.95 bits per heavy atom. The molecule has 6 nitrogen and oxygen atoms in total. The van der Waals surface area contributed by atoms with Gasteiger partial charge in [0.2, 0.25) is 11.9 Å². The Balaban J connectivity index is 1.72. The number of carbonyl (C=O) groups excluding carboxylic acids is 1. The monoisotopic (exact) mass is 345 g/mol. The maximum absolute atomic E-state index is 12.0. The highest BCUT2D eigenvalue weighted by Crippen LogP contribution is 2.12. The average molecular weight is 346 g/mol. The average Bonchev–Trinajstić information content (AvgIpc) is 2.82. The summed E-state index contributed by atoms with van der Waals surface area (Å²) in [6.07, 6.45) is 3.72. The number of amides is 1. The summed E-state index contributed by atoms with van der Waals surface area (Å²) in [6, 6.07) is 7.45. The van der Waals surface area contributed by atoms with Crippen molar-refractivity contribution in [2.45, 2.75) is 13.3 Å². The number of fused-ring (bicyclic) bond motifs is 1. The molecule has 0 spiro atoms. The van der Waals surface area contributed by atoms with Gasteiger partial charge in [-0.3, -0.25) is 15.1 Å². The molecule has 0 aliphatic carbocycles. The first-order chi connectivity index (χ1) is 10.1. The Morgan fingerprint density at radius 1 is 1.33 bits per heavy atom. The van der Waals surface area contributed by atoms with Gasteiger partial charge in [-0.25, -0.2) is 4.52 Å². The largest absolute Gasteiger partial charge is 0.293 e. The van der Waals surface area contributed by atoms with Gasteiger partial charge >= 0.3 is 0 Å². The lowest BCUT2D eigenvalue weighted by Gasteiger charge is -2.01. The van der Waals surface area contributed by atoms with Crippen LogP contribution in [-0.2, 0) is 11.2 Å². The minimum Gasteiger partial charge on any atom is -0.293 e. The molecule has 3 rings (SSSR count). The maximum atomic E-state index is 12.0. The molecule has 0 aliphatic heterocycles. The Bertz CT molecular complexity index is 797. The third-order valence-corrected chi connectivity index (χ3v) is 3.35. The first-order valence-electron chi connectivity index (χ1n) is 6.33. The van der Waals surface area contributed by atoms with Crippen LogP contribution in [0.1, 0.15) is 11.3 Å². The predicted octanol–water partition coefficient (Wildman–Crippen LogP) is 2.38. The quantitative estimate of drug-likeness (QED) is 0.790. The fourth-order valence-electron chi connectivity index (χ4n) is 1.87. The molecule has 21 heavy (non-hydrogen) atoms.